The number of amides is 1. The quantitative estimate of drug-likeness (QED) is 0.834. The predicted molar refractivity (Wildman–Crippen MR) is 98.8 cm³/mol. The average molecular weight is 362 g/mol. The van der Waals surface area contributed by atoms with Crippen LogP contribution in [0.15, 0.2) is 24.3 Å². The van der Waals surface area contributed by atoms with Crippen LogP contribution in [-0.2, 0) is 11.2 Å². The summed E-state index contributed by atoms with van der Waals surface area (Å²) in [4.78, 5) is 15.1. The van der Waals surface area contributed by atoms with Gasteiger partial charge in [-0.1, -0.05) is 44.5 Å². The smallest absolute Gasteiger partial charge is 0.257 e. The lowest BCUT2D eigenvalue weighted by Crippen LogP contribution is -2.41. The van der Waals surface area contributed by atoms with E-state index in [9.17, 15) is 4.79 Å². The molecule has 1 amide bonds. The molecule has 1 saturated heterocycles. The van der Waals surface area contributed by atoms with E-state index in [0.717, 1.165) is 22.6 Å². The van der Waals surface area contributed by atoms with Gasteiger partial charge in [0.2, 0.25) is 0 Å². The topological polar surface area (TPSA) is 47.4 Å². The Bertz CT molecular complexity index is 764. The van der Waals surface area contributed by atoms with Gasteiger partial charge >= 0.3 is 0 Å². The lowest BCUT2D eigenvalue weighted by molar-refractivity contribution is 0.0301. The van der Waals surface area contributed by atoms with Crippen molar-refractivity contribution in [2.45, 2.75) is 33.1 Å². The summed E-state index contributed by atoms with van der Waals surface area (Å²) in [7, 11) is 0. The first-order valence-electron chi connectivity index (χ1n) is 8.78. The van der Waals surface area contributed by atoms with Gasteiger partial charge < -0.3 is 9.64 Å². The summed E-state index contributed by atoms with van der Waals surface area (Å²) in [5, 5.41) is 5.41. The van der Waals surface area contributed by atoms with Gasteiger partial charge in [0.05, 0.1) is 40.9 Å². The second kappa shape index (κ2) is 7.58. The molecule has 0 N–H and O–H groups in total. The lowest BCUT2D eigenvalue weighted by Gasteiger charge is -2.27. The second-order valence-corrected chi connectivity index (χ2v) is 6.89. The van der Waals surface area contributed by atoms with Crippen molar-refractivity contribution in [3.8, 4) is 5.69 Å². The molecule has 0 bridgehead atoms. The number of morpholine rings is 1. The molecular weight excluding hydrogens is 338 g/mol. The van der Waals surface area contributed by atoms with Crippen LogP contribution in [0.5, 0.6) is 0 Å². The molecule has 1 fully saturated rings. The van der Waals surface area contributed by atoms with Crippen LogP contribution in [0.25, 0.3) is 5.69 Å². The summed E-state index contributed by atoms with van der Waals surface area (Å²) in [6, 6.07) is 7.60. The van der Waals surface area contributed by atoms with Crippen molar-refractivity contribution < 1.29 is 9.53 Å². The van der Waals surface area contributed by atoms with Crippen molar-refractivity contribution in [2.75, 3.05) is 26.3 Å². The largest absolute Gasteiger partial charge is 0.378 e. The van der Waals surface area contributed by atoms with Gasteiger partial charge in [0.15, 0.2) is 0 Å². The monoisotopic (exact) mass is 361 g/mol. The molecule has 2 aromatic rings. The molecule has 0 unspecified atom stereocenters. The number of aromatic nitrogens is 2. The van der Waals surface area contributed by atoms with Gasteiger partial charge in [-0.15, -0.1) is 0 Å². The van der Waals surface area contributed by atoms with Crippen LogP contribution in [0.3, 0.4) is 0 Å². The minimum absolute atomic E-state index is 0.0437. The van der Waals surface area contributed by atoms with Gasteiger partial charge in [0.25, 0.3) is 5.91 Å². The van der Waals surface area contributed by atoms with E-state index in [1.807, 2.05) is 40.8 Å². The molecule has 25 heavy (non-hydrogen) atoms. The molecular formula is C19H24ClN3O2. The third-order valence-electron chi connectivity index (χ3n) is 4.48. The Labute approximate surface area is 153 Å². The third-order valence-corrected chi connectivity index (χ3v) is 4.80. The van der Waals surface area contributed by atoms with Crippen LogP contribution in [0, 0.1) is 0 Å². The Morgan fingerprint density at radius 3 is 2.56 bits per heavy atom. The first kappa shape index (κ1) is 18.0. The number of carbonyl (C=O) groups excluding carboxylic acids is 1. The second-order valence-electron chi connectivity index (χ2n) is 6.48. The molecule has 1 aliphatic heterocycles. The summed E-state index contributed by atoms with van der Waals surface area (Å²) in [5.41, 5.74) is 3.27. The Kier molecular flexibility index (Phi) is 5.45. The molecule has 1 aromatic carbocycles. The molecule has 0 spiro atoms. The maximum Gasteiger partial charge on any atom is 0.257 e. The maximum atomic E-state index is 13.2. The van der Waals surface area contributed by atoms with E-state index < -0.39 is 0 Å². The zero-order valence-corrected chi connectivity index (χ0v) is 15.7. The highest BCUT2D eigenvalue weighted by Crippen LogP contribution is 2.29. The molecule has 0 saturated carbocycles. The highest BCUT2D eigenvalue weighted by Gasteiger charge is 2.29. The fourth-order valence-corrected chi connectivity index (χ4v) is 3.40. The fraction of sp³-hybridized carbons (Fsp3) is 0.474. The van der Waals surface area contributed by atoms with Crippen LogP contribution in [-0.4, -0.2) is 46.9 Å². The summed E-state index contributed by atoms with van der Waals surface area (Å²) >= 11 is 6.38. The van der Waals surface area contributed by atoms with Gasteiger partial charge in [0, 0.05) is 13.1 Å². The SMILES string of the molecule is CCc1c(C(=O)N2CCOCC2)c(C(C)C)nn1-c1ccccc1Cl. The van der Waals surface area contributed by atoms with Gasteiger partial charge in [-0.3, -0.25) is 4.79 Å². The van der Waals surface area contributed by atoms with Crippen molar-refractivity contribution in [1.82, 2.24) is 14.7 Å². The summed E-state index contributed by atoms with van der Waals surface area (Å²) in [6.45, 7) is 8.59. The molecule has 1 aromatic heterocycles. The zero-order chi connectivity index (χ0) is 18.0. The summed E-state index contributed by atoms with van der Waals surface area (Å²) in [5.74, 6) is 0.191. The number of benzene rings is 1. The highest BCUT2D eigenvalue weighted by molar-refractivity contribution is 6.32. The number of halogens is 1. The van der Waals surface area contributed by atoms with E-state index >= 15 is 0 Å². The fourth-order valence-electron chi connectivity index (χ4n) is 3.18. The number of hydrogen-bond donors (Lipinski definition) is 0. The standard InChI is InChI=1S/C19H24ClN3O2/c1-4-15-17(19(24)22-9-11-25-12-10-22)18(13(2)3)21-23(15)16-8-6-5-7-14(16)20/h5-8,13H,4,9-12H2,1-3H3. The zero-order valence-electron chi connectivity index (χ0n) is 15.0. The first-order chi connectivity index (χ1) is 12.0. The van der Waals surface area contributed by atoms with Gasteiger partial charge in [0.1, 0.15) is 0 Å². The number of carbonyl (C=O) groups is 1. The van der Waals surface area contributed by atoms with E-state index in [1.54, 1.807) is 0 Å². The third kappa shape index (κ3) is 3.44. The molecule has 1 aliphatic rings. The van der Waals surface area contributed by atoms with Crippen LogP contribution >= 0.6 is 11.6 Å². The van der Waals surface area contributed by atoms with E-state index in [2.05, 4.69) is 13.8 Å². The molecule has 134 valence electrons. The Balaban J connectivity index is 2.13. The normalized spacial score (nSPS) is 15.0. The summed E-state index contributed by atoms with van der Waals surface area (Å²) in [6.07, 6.45) is 0.705. The van der Waals surface area contributed by atoms with Gasteiger partial charge in [-0.2, -0.15) is 5.10 Å². The van der Waals surface area contributed by atoms with Gasteiger partial charge in [-0.05, 0) is 24.5 Å². The molecule has 3 rings (SSSR count). The van der Waals surface area contributed by atoms with Crippen molar-refractivity contribution in [3.05, 3.63) is 46.2 Å². The summed E-state index contributed by atoms with van der Waals surface area (Å²) < 4.78 is 7.22. The first-order valence-corrected chi connectivity index (χ1v) is 9.16. The molecule has 0 aliphatic carbocycles. The van der Waals surface area contributed by atoms with Crippen molar-refractivity contribution in [1.29, 1.82) is 0 Å². The predicted octanol–water partition coefficient (Wildman–Crippen LogP) is 3.68. The number of hydrogen-bond acceptors (Lipinski definition) is 3. The molecule has 0 radical (unpaired) electrons. The van der Waals surface area contributed by atoms with E-state index in [4.69, 9.17) is 21.4 Å². The molecule has 5 nitrogen and oxygen atoms in total. The highest BCUT2D eigenvalue weighted by atomic mass is 35.5. The lowest BCUT2D eigenvalue weighted by atomic mass is 10.0. The van der Waals surface area contributed by atoms with Crippen molar-refractivity contribution in [2.24, 2.45) is 0 Å². The average Bonchev–Trinajstić information content (AvgIpc) is 3.01. The van der Waals surface area contributed by atoms with Crippen molar-refractivity contribution >= 4 is 17.5 Å². The molecule has 0 atom stereocenters. The molecule has 6 heteroatoms. The number of rotatable bonds is 4. The Morgan fingerprint density at radius 1 is 1.28 bits per heavy atom. The van der Waals surface area contributed by atoms with E-state index in [1.165, 1.54) is 0 Å². The van der Waals surface area contributed by atoms with Gasteiger partial charge in [-0.25, -0.2) is 4.68 Å². The minimum atomic E-state index is 0.0437. The molecule has 2 heterocycles. The number of nitrogens with zero attached hydrogens (tertiary/aromatic N) is 3. The van der Waals surface area contributed by atoms with Crippen LogP contribution in [0.2, 0.25) is 5.02 Å². The number of ether oxygens (including phenoxy) is 1. The van der Waals surface area contributed by atoms with Crippen LogP contribution < -0.4 is 0 Å². The van der Waals surface area contributed by atoms with E-state index in [0.29, 0.717) is 37.7 Å². The Morgan fingerprint density at radius 2 is 1.96 bits per heavy atom. The van der Waals surface area contributed by atoms with Crippen LogP contribution in [0.4, 0.5) is 0 Å². The van der Waals surface area contributed by atoms with Crippen molar-refractivity contribution in [3.63, 3.8) is 0 Å². The van der Waals surface area contributed by atoms with E-state index in [-0.39, 0.29) is 11.8 Å². The minimum Gasteiger partial charge on any atom is -0.378 e. The Hall–Kier alpha value is -1.85. The maximum absolute atomic E-state index is 13.2. The van der Waals surface area contributed by atoms with Crippen LogP contribution in [0.1, 0.15) is 48.4 Å². The number of para-hydroxylation sites is 1.